The van der Waals surface area contributed by atoms with Gasteiger partial charge in [0.2, 0.25) is 0 Å². The summed E-state index contributed by atoms with van der Waals surface area (Å²) in [4.78, 5) is 12.0. The van der Waals surface area contributed by atoms with Crippen LogP contribution in [0.4, 0.5) is 0 Å². The molecule has 3 nitrogen and oxygen atoms in total. The van der Waals surface area contributed by atoms with Crippen LogP contribution in [-0.2, 0) is 9.53 Å². The molecule has 88 valence electrons. The highest BCUT2D eigenvalue weighted by Gasteiger charge is 2.45. The monoisotopic (exact) mass is 213 g/mol. The van der Waals surface area contributed by atoms with Crippen LogP contribution in [0.2, 0.25) is 0 Å². The Morgan fingerprint density at radius 2 is 1.73 bits per heavy atom. The third-order valence-electron chi connectivity index (χ3n) is 2.89. The molecule has 0 bridgehead atoms. The summed E-state index contributed by atoms with van der Waals surface area (Å²) in [7, 11) is 0. The van der Waals surface area contributed by atoms with Gasteiger partial charge in [0.25, 0.3) is 0 Å². The van der Waals surface area contributed by atoms with E-state index in [-0.39, 0.29) is 12.0 Å². The Labute approximate surface area is 92.4 Å². The average molecular weight is 213 g/mol. The quantitative estimate of drug-likeness (QED) is 0.730. The molecule has 1 fully saturated rings. The Morgan fingerprint density at radius 1 is 1.27 bits per heavy atom. The predicted octanol–water partition coefficient (Wildman–Crippen LogP) is 2.09. The van der Waals surface area contributed by atoms with Crippen LogP contribution in [0.25, 0.3) is 0 Å². The summed E-state index contributed by atoms with van der Waals surface area (Å²) in [6, 6.07) is -0.0765. The third kappa shape index (κ3) is 3.20. The topological polar surface area (TPSA) is 52.3 Å². The predicted molar refractivity (Wildman–Crippen MR) is 60.3 cm³/mol. The summed E-state index contributed by atoms with van der Waals surface area (Å²) in [6.07, 6.45) is 2.29. The van der Waals surface area contributed by atoms with Gasteiger partial charge in [-0.05, 0) is 53.4 Å². The first-order valence-corrected chi connectivity index (χ1v) is 5.63. The van der Waals surface area contributed by atoms with Gasteiger partial charge in [0.15, 0.2) is 0 Å². The molecule has 0 aliphatic heterocycles. The number of ether oxygens (including phenoxy) is 1. The zero-order valence-electron chi connectivity index (χ0n) is 10.5. The van der Waals surface area contributed by atoms with E-state index in [1.54, 1.807) is 0 Å². The summed E-state index contributed by atoms with van der Waals surface area (Å²) >= 11 is 0. The standard InChI is InChI=1S/C12H23NO2/c1-11(2,3)15-10(14)12(4,5)9(13)8-6-7-8/h8-9H,6-7,13H2,1-5H3/t9-/m1/s1. The van der Waals surface area contributed by atoms with E-state index in [4.69, 9.17) is 10.5 Å². The van der Waals surface area contributed by atoms with E-state index >= 15 is 0 Å². The van der Waals surface area contributed by atoms with E-state index in [2.05, 4.69) is 0 Å². The van der Waals surface area contributed by atoms with Crippen molar-refractivity contribution in [1.29, 1.82) is 0 Å². The molecule has 15 heavy (non-hydrogen) atoms. The van der Waals surface area contributed by atoms with Crippen molar-refractivity contribution in [3.63, 3.8) is 0 Å². The van der Waals surface area contributed by atoms with Crippen LogP contribution in [0, 0.1) is 11.3 Å². The lowest BCUT2D eigenvalue weighted by Gasteiger charge is -2.32. The second-order valence-electron chi connectivity index (χ2n) is 6.09. The minimum atomic E-state index is -0.575. The molecule has 0 amide bonds. The number of nitrogens with two attached hydrogens (primary N) is 1. The lowest BCUT2D eigenvalue weighted by atomic mass is 9.82. The second-order valence-corrected chi connectivity index (χ2v) is 6.09. The van der Waals surface area contributed by atoms with Crippen molar-refractivity contribution in [3.8, 4) is 0 Å². The Bertz CT molecular complexity index is 249. The van der Waals surface area contributed by atoms with E-state index in [1.807, 2.05) is 34.6 Å². The molecule has 0 aromatic rings. The Hall–Kier alpha value is -0.570. The number of hydrogen-bond acceptors (Lipinski definition) is 3. The van der Waals surface area contributed by atoms with Crippen molar-refractivity contribution >= 4 is 5.97 Å². The molecule has 0 radical (unpaired) electrons. The summed E-state index contributed by atoms with van der Waals surface area (Å²) in [6.45, 7) is 9.39. The fraction of sp³-hybridized carbons (Fsp3) is 0.917. The number of esters is 1. The van der Waals surface area contributed by atoms with Crippen LogP contribution in [0.1, 0.15) is 47.5 Å². The Kier molecular flexibility index (Phi) is 3.15. The SMILES string of the molecule is CC(C)(C)OC(=O)C(C)(C)[C@H](N)C1CC1. The Morgan fingerprint density at radius 3 is 2.07 bits per heavy atom. The van der Waals surface area contributed by atoms with Gasteiger partial charge in [-0.25, -0.2) is 0 Å². The Balaban J connectivity index is 2.63. The molecule has 2 N–H and O–H groups in total. The summed E-state index contributed by atoms with van der Waals surface area (Å²) in [5.74, 6) is 0.321. The van der Waals surface area contributed by atoms with Gasteiger partial charge in [-0.1, -0.05) is 0 Å². The molecule has 1 atom stereocenters. The molecule has 1 rings (SSSR count). The molecule has 0 saturated heterocycles. The maximum Gasteiger partial charge on any atom is 0.313 e. The van der Waals surface area contributed by atoms with Crippen LogP contribution in [-0.4, -0.2) is 17.6 Å². The summed E-state index contributed by atoms with van der Waals surface area (Å²) in [5.41, 5.74) is 5.07. The first-order valence-electron chi connectivity index (χ1n) is 5.63. The third-order valence-corrected chi connectivity index (χ3v) is 2.89. The van der Waals surface area contributed by atoms with Crippen molar-refractivity contribution in [2.75, 3.05) is 0 Å². The van der Waals surface area contributed by atoms with Crippen LogP contribution < -0.4 is 5.73 Å². The van der Waals surface area contributed by atoms with Gasteiger partial charge in [-0.2, -0.15) is 0 Å². The van der Waals surface area contributed by atoms with Gasteiger partial charge in [0.05, 0.1) is 5.41 Å². The molecule has 1 aliphatic carbocycles. The van der Waals surface area contributed by atoms with E-state index in [1.165, 1.54) is 0 Å². The molecule has 1 saturated carbocycles. The smallest absolute Gasteiger partial charge is 0.313 e. The van der Waals surface area contributed by atoms with Crippen LogP contribution in [0.15, 0.2) is 0 Å². The first-order chi connectivity index (χ1) is 6.64. The number of rotatable bonds is 3. The zero-order chi connectivity index (χ0) is 11.9. The highest BCUT2D eigenvalue weighted by Crippen LogP contribution is 2.40. The highest BCUT2D eigenvalue weighted by molar-refractivity contribution is 5.77. The van der Waals surface area contributed by atoms with Gasteiger partial charge in [-0.3, -0.25) is 4.79 Å². The lowest BCUT2D eigenvalue weighted by molar-refractivity contribution is -0.167. The van der Waals surface area contributed by atoms with Gasteiger partial charge < -0.3 is 10.5 Å². The van der Waals surface area contributed by atoms with Crippen molar-refractivity contribution in [1.82, 2.24) is 0 Å². The first kappa shape index (κ1) is 12.5. The molecule has 0 spiro atoms. The molecule has 3 heteroatoms. The van der Waals surface area contributed by atoms with Crippen molar-refractivity contribution < 1.29 is 9.53 Å². The van der Waals surface area contributed by atoms with Gasteiger partial charge in [0, 0.05) is 6.04 Å². The maximum atomic E-state index is 12.0. The van der Waals surface area contributed by atoms with E-state index in [0.717, 1.165) is 12.8 Å². The second kappa shape index (κ2) is 3.78. The minimum Gasteiger partial charge on any atom is -0.460 e. The van der Waals surface area contributed by atoms with Crippen molar-refractivity contribution in [3.05, 3.63) is 0 Å². The molecular formula is C12H23NO2. The molecule has 0 aromatic carbocycles. The van der Waals surface area contributed by atoms with Crippen LogP contribution in [0.3, 0.4) is 0 Å². The molecule has 0 heterocycles. The van der Waals surface area contributed by atoms with E-state index in [0.29, 0.717) is 5.92 Å². The highest BCUT2D eigenvalue weighted by atomic mass is 16.6. The fourth-order valence-corrected chi connectivity index (χ4v) is 1.59. The molecule has 1 aliphatic rings. The summed E-state index contributed by atoms with van der Waals surface area (Å²) in [5, 5.41) is 0. The van der Waals surface area contributed by atoms with E-state index < -0.39 is 11.0 Å². The summed E-state index contributed by atoms with van der Waals surface area (Å²) < 4.78 is 5.38. The lowest BCUT2D eigenvalue weighted by Crippen LogP contribution is -2.47. The zero-order valence-corrected chi connectivity index (χ0v) is 10.5. The van der Waals surface area contributed by atoms with Crippen LogP contribution in [0.5, 0.6) is 0 Å². The fourth-order valence-electron chi connectivity index (χ4n) is 1.59. The normalized spacial score (nSPS) is 19.9. The largest absolute Gasteiger partial charge is 0.460 e. The maximum absolute atomic E-state index is 12.0. The number of carbonyl (C=O) groups excluding carboxylic acids is 1. The molecule has 0 unspecified atom stereocenters. The molecular weight excluding hydrogens is 190 g/mol. The van der Waals surface area contributed by atoms with Crippen LogP contribution >= 0.6 is 0 Å². The van der Waals surface area contributed by atoms with E-state index in [9.17, 15) is 4.79 Å². The van der Waals surface area contributed by atoms with Gasteiger partial charge in [0.1, 0.15) is 5.60 Å². The average Bonchev–Trinajstić information content (AvgIpc) is 2.81. The number of carbonyl (C=O) groups is 1. The molecule has 0 aromatic heterocycles. The minimum absolute atomic E-state index is 0.0765. The number of hydrogen-bond donors (Lipinski definition) is 1. The van der Waals surface area contributed by atoms with Crippen molar-refractivity contribution in [2.45, 2.75) is 59.1 Å². The van der Waals surface area contributed by atoms with Crippen molar-refractivity contribution in [2.24, 2.45) is 17.1 Å². The van der Waals surface area contributed by atoms with Gasteiger partial charge in [-0.15, -0.1) is 0 Å². The van der Waals surface area contributed by atoms with Gasteiger partial charge >= 0.3 is 5.97 Å².